The second-order valence-corrected chi connectivity index (χ2v) is 5.10. The van der Waals surface area contributed by atoms with Gasteiger partial charge in [-0.15, -0.1) is 0 Å². The maximum atomic E-state index is 9.27. The van der Waals surface area contributed by atoms with E-state index in [1.54, 1.807) is 0 Å². The first kappa shape index (κ1) is 12.5. The zero-order chi connectivity index (χ0) is 13.2. The molecule has 1 unspecified atom stereocenters. The van der Waals surface area contributed by atoms with E-state index in [4.69, 9.17) is 0 Å². The van der Waals surface area contributed by atoms with Gasteiger partial charge >= 0.3 is 0 Å². The average Bonchev–Trinajstić information content (AvgIpc) is 2.44. The number of hydrogen-bond donors (Lipinski definition) is 2. The Kier molecular flexibility index (Phi) is 3.40. The SMILES string of the molecule is OCCC1CN(CCO)c2cccc3cccc1c23. The van der Waals surface area contributed by atoms with Crippen LogP contribution in [0, 0.1) is 0 Å². The van der Waals surface area contributed by atoms with Gasteiger partial charge < -0.3 is 15.1 Å². The van der Waals surface area contributed by atoms with Crippen molar-refractivity contribution >= 4 is 16.5 Å². The average molecular weight is 257 g/mol. The van der Waals surface area contributed by atoms with Crippen molar-refractivity contribution in [3.05, 3.63) is 42.0 Å². The van der Waals surface area contributed by atoms with Crippen LogP contribution in [0.1, 0.15) is 17.9 Å². The van der Waals surface area contributed by atoms with Crippen LogP contribution in [0.2, 0.25) is 0 Å². The smallest absolute Gasteiger partial charge is 0.0606 e. The van der Waals surface area contributed by atoms with Crippen molar-refractivity contribution in [2.24, 2.45) is 0 Å². The summed E-state index contributed by atoms with van der Waals surface area (Å²) in [5.74, 6) is 0.343. The molecule has 0 aliphatic carbocycles. The van der Waals surface area contributed by atoms with E-state index in [1.165, 1.54) is 22.0 Å². The quantitative estimate of drug-likeness (QED) is 0.881. The number of aliphatic hydroxyl groups excluding tert-OH is 2. The summed E-state index contributed by atoms with van der Waals surface area (Å²) >= 11 is 0. The second kappa shape index (κ2) is 5.19. The lowest BCUT2D eigenvalue weighted by Gasteiger charge is -2.35. The third kappa shape index (κ3) is 2.09. The summed E-state index contributed by atoms with van der Waals surface area (Å²) in [5.41, 5.74) is 2.53. The molecule has 19 heavy (non-hydrogen) atoms. The summed E-state index contributed by atoms with van der Waals surface area (Å²) in [5, 5.41) is 21.0. The molecule has 0 aromatic heterocycles. The Morgan fingerprint density at radius 1 is 1.05 bits per heavy atom. The lowest BCUT2D eigenvalue weighted by atomic mass is 9.86. The molecule has 3 nitrogen and oxygen atoms in total. The molecule has 1 heterocycles. The molecule has 3 heteroatoms. The van der Waals surface area contributed by atoms with Gasteiger partial charge in [-0.1, -0.05) is 30.3 Å². The standard InChI is InChI=1S/C16H19NO2/c18-9-7-13-11-17(8-10-19)15-6-2-4-12-3-1-5-14(13)16(12)15/h1-6,13,18-19H,7-11H2. The molecular weight excluding hydrogens is 238 g/mol. The number of anilines is 1. The number of hydrogen-bond acceptors (Lipinski definition) is 3. The fraction of sp³-hybridized carbons (Fsp3) is 0.375. The molecule has 3 rings (SSSR count). The van der Waals surface area contributed by atoms with Crippen LogP contribution in [0.15, 0.2) is 36.4 Å². The van der Waals surface area contributed by atoms with Crippen LogP contribution in [-0.4, -0.2) is 36.5 Å². The zero-order valence-corrected chi connectivity index (χ0v) is 10.9. The highest BCUT2D eigenvalue weighted by Gasteiger charge is 2.25. The van der Waals surface area contributed by atoms with E-state index in [-0.39, 0.29) is 13.2 Å². The van der Waals surface area contributed by atoms with Gasteiger partial charge in [-0.2, -0.15) is 0 Å². The predicted octanol–water partition coefficient (Wildman–Crippen LogP) is 2.12. The summed E-state index contributed by atoms with van der Waals surface area (Å²) in [6, 6.07) is 12.7. The van der Waals surface area contributed by atoms with Gasteiger partial charge in [0.25, 0.3) is 0 Å². The van der Waals surface area contributed by atoms with Crippen molar-refractivity contribution in [3.63, 3.8) is 0 Å². The summed E-state index contributed by atoms with van der Waals surface area (Å²) in [7, 11) is 0. The highest BCUT2D eigenvalue weighted by atomic mass is 16.3. The van der Waals surface area contributed by atoms with Crippen LogP contribution in [-0.2, 0) is 0 Å². The van der Waals surface area contributed by atoms with Gasteiger partial charge in [0.05, 0.1) is 6.61 Å². The van der Waals surface area contributed by atoms with E-state index >= 15 is 0 Å². The lowest BCUT2D eigenvalue weighted by Crippen LogP contribution is -2.34. The number of nitrogens with zero attached hydrogens (tertiary/aromatic N) is 1. The van der Waals surface area contributed by atoms with Crippen molar-refractivity contribution in [2.75, 3.05) is 31.2 Å². The first-order chi connectivity index (χ1) is 9.35. The molecule has 0 fully saturated rings. The van der Waals surface area contributed by atoms with Gasteiger partial charge in [0, 0.05) is 36.7 Å². The molecule has 0 spiro atoms. The van der Waals surface area contributed by atoms with Crippen LogP contribution < -0.4 is 4.90 Å². The van der Waals surface area contributed by atoms with E-state index in [2.05, 4.69) is 41.3 Å². The van der Waals surface area contributed by atoms with Crippen LogP contribution in [0.5, 0.6) is 0 Å². The zero-order valence-electron chi connectivity index (χ0n) is 10.9. The summed E-state index contributed by atoms with van der Waals surface area (Å²) in [6.45, 7) is 1.88. The Balaban J connectivity index is 2.18. The Bertz CT molecular complexity index is 535. The highest BCUT2D eigenvalue weighted by molar-refractivity contribution is 5.98. The minimum atomic E-state index is 0.157. The molecule has 2 aromatic rings. The molecule has 0 amide bonds. The molecule has 2 N–H and O–H groups in total. The molecule has 1 aliphatic heterocycles. The Labute approximate surface area is 113 Å². The maximum Gasteiger partial charge on any atom is 0.0606 e. The number of β-amino-alcohol motifs (C(OH)–C–C–N with tert-alkyl or cyclic N) is 1. The van der Waals surface area contributed by atoms with Gasteiger partial charge in [0.15, 0.2) is 0 Å². The Morgan fingerprint density at radius 2 is 1.84 bits per heavy atom. The number of aliphatic hydroxyl groups is 2. The van der Waals surface area contributed by atoms with E-state index in [1.807, 2.05) is 0 Å². The number of benzene rings is 2. The lowest BCUT2D eigenvalue weighted by molar-refractivity contribution is 0.272. The van der Waals surface area contributed by atoms with Crippen molar-refractivity contribution in [3.8, 4) is 0 Å². The molecule has 0 saturated heterocycles. The minimum Gasteiger partial charge on any atom is -0.396 e. The fourth-order valence-electron chi connectivity index (χ4n) is 3.15. The highest BCUT2D eigenvalue weighted by Crippen LogP contribution is 2.39. The summed E-state index contributed by atoms with van der Waals surface area (Å²) in [4.78, 5) is 2.23. The van der Waals surface area contributed by atoms with Gasteiger partial charge in [-0.05, 0) is 23.4 Å². The van der Waals surface area contributed by atoms with Crippen LogP contribution >= 0.6 is 0 Å². The van der Waals surface area contributed by atoms with Crippen molar-refractivity contribution < 1.29 is 10.2 Å². The Hall–Kier alpha value is -1.58. The topological polar surface area (TPSA) is 43.7 Å². The molecule has 2 aromatic carbocycles. The molecule has 1 atom stereocenters. The predicted molar refractivity (Wildman–Crippen MR) is 77.7 cm³/mol. The van der Waals surface area contributed by atoms with Gasteiger partial charge in [0.1, 0.15) is 0 Å². The van der Waals surface area contributed by atoms with E-state index in [0.29, 0.717) is 12.5 Å². The van der Waals surface area contributed by atoms with E-state index in [9.17, 15) is 10.2 Å². The molecule has 100 valence electrons. The Morgan fingerprint density at radius 3 is 2.58 bits per heavy atom. The largest absolute Gasteiger partial charge is 0.396 e. The summed E-state index contributed by atoms with van der Waals surface area (Å²) in [6.07, 6.45) is 0.773. The first-order valence-electron chi connectivity index (χ1n) is 6.83. The molecule has 1 aliphatic rings. The van der Waals surface area contributed by atoms with Crippen molar-refractivity contribution in [2.45, 2.75) is 12.3 Å². The molecule has 0 radical (unpaired) electrons. The molecule has 0 saturated carbocycles. The van der Waals surface area contributed by atoms with Crippen molar-refractivity contribution in [1.82, 2.24) is 0 Å². The first-order valence-corrected chi connectivity index (χ1v) is 6.83. The van der Waals surface area contributed by atoms with Crippen LogP contribution in [0.4, 0.5) is 5.69 Å². The second-order valence-electron chi connectivity index (χ2n) is 5.10. The van der Waals surface area contributed by atoms with Gasteiger partial charge in [-0.3, -0.25) is 0 Å². The van der Waals surface area contributed by atoms with Crippen molar-refractivity contribution in [1.29, 1.82) is 0 Å². The fourth-order valence-corrected chi connectivity index (χ4v) is 3.15. The van der Waals surface area contributed by atoms with E-state index in [0.717, 1.165) is 13.0 Å². The number of rotatable bonds is 4. The normalized spacial score (nSPS) is 18.0. The van der Waals surface area contributed by atoms with Crippen LogP contribution in [0.3, 0.4) is 0 Å². The van der Waals surface area contributed by atoms with Gasteiger partial charge in [-0.25, -0.2) is 0 Å². The van der Waals surface area contributed by atoms with Gasteiger partial charge in [0.2, 0.25) is 0 Å². The van der Waals surface area contributed by atoms with Crippen LogP contribution in [0.25, 0.3) is 10.8 Å². The third-order valence-corrected chi connectivity index (χ3v) is 3.98. The minimum absolute atomic E-state index is 0.157. The summed E-state index contributed by atoms with van der Waals surface area (Å²) < 4.78 is 0. The van der Waals surface area contributed by atoms with E-state index < -0.39 is 0 Å². The maximum absolute atomic E-state index is 9.27. The molecular formula is C16H19NO2. The third-order valence-electron chi connectivity index (χ3n) is 3.98. The monoisotopic (exact) mass is 257 g/mol. The molecule has 0 bridgehead atoms.